The molecule has 0 unspecified atom stereocenters. The normalized spacial score (nSPS) is 10.8. The molecule has 0 N–H and O–H groups in total. The number of sulfonamides is 1. The average molecular weight is 416 g/mol. The van der Waals surface area contributed by atoms with Gasteiger partial charge in [-0.25, -0.2) is 12.7 Å². The van der Waals surface area contributed by atoms with E-state index in [4.69, 9.17) is 4.42 Å². The number of carbonyl (C=O) groups is 2. The van der Waals surface area contributed by atoms with Crippen LogP contribution >= 0.6 is 0 Å². The van der Waals surface area contributed by atoms with E-state index in [9.17, 15) is 18.0 Å². The third kappa shape index (κ3) is 5.72. The van der Waals surface area contributed by atoms with Gasteiger partial charge in [-0.2, -0.15) is 0 Å². The summed E-state index contributed by atoms with van der Waals surface area (Å²) in [5.74, 6) is 4.97. The Balaban J connectivity index is 2.31. The van der Waals surface area contributed by atoms with Crippen molar-refractivity contribution in [3.8, 4) is 11.8 Å². The lowest BCUT2D eigenvalue weighted by Gasteiger charge is -2.21. The second kappa shape index (κ2) is 9.43. The van der Waals surface area contributed by atoms with Crippen molar-refractivity contribution in [2.75, 3.05) is 22.5 Å². The second-order valence-electron chi connectivity index (χ2n) is 6.50. The van der Waals surface area contributed by atoms with Crippen LogP contribution < -0.4 is 9.21 Å². The van der Waals surface area contributed by atoms with E-state index in [1.54, 1.807) is 19.2 Å². The lowest BCUT2D eigenvalue weighted by atomic mass is 10.2. The van der Waals surface area contributed by atoms with E-state index in [1.165, 1.54) is 36.1 Å². The fraction of sp³-hybridized carbons (Fsp3) is 0.333. The number of unbranched alkanes of at least 4 members (excludes halogenated alkanes) is 2. The first-order valence-electron chi connectivity index (χ1n) is 9.13. The summed E-state index contributed by atoms with van der Waals surface area (Å²) < 4.78 is 30.7. The number of hydrogen-bond acceptors (Lipinski definition) is 5. The van der Waals surface area contributed by atoms with Gasteiger partial charge >= 0.3 is 5.91 Å². The van der Waals surface area contributed by atoms with Crippen molar-refractivity contribution < 1.29 is 22.4 Å². The predicted molar refractivity (Wildman–Crippen MR) is 112 cm³/mol. The first kappa shape index (κ1) is 22.2. The van der Waals surface area contributed by atoms with Crippen LogP contribution in [-0.4, -0.2) is 33.5 Å². The SMILES string of the molecule is CCCCC#Cc1ccc(C(=O)N(c2ccc(N(C)C(C)=O)cc2)S(C)(=O)=O)o1. The number of hydrogen-bond donors (Lipinski definition) is 0. The lowest BCUT2D eigenvalue weighted by molar-refractivity contribution is -0.116. The van der Waals surface area contributed by atoms with Crippen molar-refractivity contribution in [3.63, 3.8) is 0 Å². The maximum Gasteiger partial charge on any atom is 0.307 e. The van der Waals surface area contributed by atoms with E-state index >= 15 is 0 Å². The highest BCUT2D eigenvalue weighted by Crippen LogP contribution is 2.24. The van der Waals surface area contributed by atoms with Gasteiger partial charge in [-0.15, -0.1) is 0 Å². The molecule has 0 saturated carbocycles. The maximum atomic E-state index is 12.8. The molecular weight excluding hydrogens is 392 g/mol. The van der Waals surface area contributed by atoms with Crippen LogP contribution in [-0.2, 0) is 14.8 Å². The molecule has 0 atom stereocenters. The molecule has 0 radical (unpaired) electrons. The molecule has 0 fully saturated rings. The van der Waals surface area contributed by atoms with Crippen LogP contribution in [0.25, 0.3) is 0 Å². The van der Waals surface area contributed by atoms with Gasteiger partial charge in [0.2, 0.25) is 15.9 Å². The first-order chi connectivity index (χ1) is 13.6. The molecule has 154 valence electrons. The van der Waals surface area contributed by atoms with Gasteiger partial charge in [-0.05, 0) is 48.7 Å². The summed E-state index contributed by atoms with van der Waals surface area (Å²) in [6.45, 7) is 3.48. The zero-order valence-electron chi connectivity index (χ0n) is 16.9. The molecule has 0 aliphatic rings. The molecule has 1 aromatic heterocycles. The van der Waals surface area contributed by atoms with Crippen LogP contribution in [0.3, 0.4) is 0 Å². The number of benzene rings is 1. The Labute approximate surface area is 171 Å². The van der Waals surface area contributed by atoms with Crippen LogP contribution in [0.1, 0.15) is 49.4 Å². The van der Waals surface area contributed by atoms with Gasteiger partial charge in [0.1, 0.15) is 0 Å². The quantitative estimate of drug-likeness (QED) is 0.532. The van der Waals surface area contributed by atoms with Crippen LogP contribution in [0.2, 0.25) is 0 Å². The first-order valence-corrected chi connectivity index (χ1v) is 11.0. The van der Waals surface area contributed by atoms with Crippen LogP contribution in [0.15, 0.2) is 40.8 Å². The molecule has 1 heterocycles. The van der Waals surface area contributed by atoms with Gasteiger partial charge in [0.05, 0.1) is 11.9 Å². The van der Waals surface area contributed by atoms with Crippen molar-refractivity contribution in [2.45, 2.75) is 33.1 Å². The van der Waals surface area contributed by atoms with Crippen LogP contribution in [0.4, 0.5) is 11.4 Å². The van der Waals surface area contributed by atoms with Gasteiger partial charge < -0.3 is 9.32 Å². The monoisotopic (exact) mass is 416 g/mol. The Hall–Kier alpha value is -3.05. The molecular formula is C21H24N2O5S. The second-order valence-corrected chi connectivity index (χ2v) is 8.33. The molecule has 2 rings (SSSR count). The van der Waals surface area contributed by atoms with Crippen molar-refractivity contribution >= 4 is 33.2 Å². The van der Waals surface area contributed by atoms with E-state index in [1.807, 2.05) is 0 Å². The summed E-state index contributed by atoms with van der Waals surface area (Å²) in [5, 5.41) is 0. The Kier molecular flexibility index (Phi) is 7.23. The summed E-state index contributed by atoms with van der Waals surface area (Å²) in [5.41, 5.74) is 0.718. The summed E-state index contributed by atoms with van der Waals surface area (Å²) in [6.07, 6.45) is 3.66. The smallest absolute Gasteiger partial charge is 0.307 e. The number of furan rings is 1. The Morgan fingerprint density at radius 2 is 1.69 bits per heavy atom. The number of rotatable bonds is 6. The predicted octanol–water partition coefficient (Wildman–Crippen LogP) is 3.41. The number of anilines is 2. The average Bonchev–Trinajstić information content (AvgIpc) is 3.13. The van der Waals surface area contributed by atoms with E-state index in [0.29, 0.717) is 15.8 Å². The minimum Gasteiger partial charge on any atom is -0.443 e. The van der Waals surface area contributed by atoms with E-state index < -0.39 is 15.9 Å². The molecule has 0 saturated heterocycles. The van der Waals surface area contributed by atoms with E-state index in [0.717, 1.165) is 25.5 Å². The van der Waals surface area contributed by atoms with Gasteiger partial charge in [0, 0.05) is 26.1 Å². The molecule has 29 heavy (non-hydrogen) atoms. The van der Waals surface area contributed by atoms with Crippen LogP contribution in [0.5, 0.6) is 0 Å². The fourth-order valence-electron chi connectivity index (χ4n) is 2.49. The highest BCUT2D eigenvalue weighted by molar-refractivity contribution is 7.92. The summed E-state index contributed by atoms with van der Waals surface area (Å²) in [6, 6.07) is 8.99. The topological polar surface area (TPSA) is 87.9 Å². The molecule has 0 aliphatic carbocycles. The summed E-state index contributed by atoms with van der Waals surface area (Å²) in [7, 11) is -2.32. The molecule has 2 amide bonds. The maximum absolute atomic E-state index is 12.8. The Morgan fingerprint density at radius 3 is 2.24 bits per heavy atom. The van der Waals surface area contributed by atoms with Crippen molar-refractivity contribution in [3.05, 3.63) is 47.9 Å². The van der Waals surface area contributed by atoms with Crippen molar-refractivity contribution in [1.29, 1.82) is 0 Å². The summed E-state index contributed by atoms with van der Waals surface area (Å²) in [4.78, 5) is 25.7. The highest BCUT2D eigenvalue weighted by atomic mass is 32.2. The molecule has 8 heteroatoms. The van der Waals surface area contributed by atoms with Gasteiger partial charge in [0.15, 0.2) is 11.5 Å². The van der Waals surface area contributed by atoms with Crippen molar-refractivity contribution in [2.24, 2.45) is 0 Å². The number of amides is 2. The molecule has 0 bridgehead atoms. The molecule has 1 aromatic carbocycles. The van der Waals surface area contributed by atoms with Crippen LogP contribution in [0, 0.1) is 11.8 Å². The zero-order chi connectivity index (χ0) is 21.6. The lowest BCUT2D eigenvalue weighted by Crippen LogP contribution is -2.36. The standard InChI is InChI=1S/C21H24N2O5S/c1-5-6-7-8-9-19-14-15-20(28-19)21(25)23(29(4,26)27)18-12-10-17(11-13-18)22(3)16(2)24/h10-15H,5-7H2,1-4H3. The zero-order valence-corrected chi connectivity index (χ0v) is 17.7. The number of nitrogens with zero attached hydrogens (tertiary/aromatic N) is 2. The minimum atomic E-state index is -3.92. The van der Waals surface area contributed by atoms with Gasteiger partial charge in [-0.3, -0.25) is 9.59 Å². The Bertz CT molecular complexity index is 1040. The fourth-order valence-corrected chi connectivity index (χ4v) is 3.38. The van der Waals surface area contributed by atoms with E-state index in [2.05, 4.69) is 18.8 Å². The van der Waals surface area contributed by atoms with E-state index in [-0.39, 0.29) is 17.4 Å². The minimum absolute atomic E-state index is 0.125. The molecule has 0 aliphatic heterocycles. The molecule has 7 nitrogen and oxygen atoms in total. The molecule has 0 spiro atoms. The summed E-state index contributed by atoms with van der Waals surface area (Å²) >= 11 is 0. The largest absolute Gasteiger partial charge is 0.443 e. The third-order valence-corrected chi connectivity index (χ3v) is 5.18. The Morgan fingerprint density at radius 1 is 1.07 bits per heavy atom. The van der Waals surface area contributed by atoms with Crippen molar-refractivity contribution in [1.82, 2.24) is 0 Å². The van der Waals surface area contributed by atoms with Gasteiger partial charge in [-0.1, -0.05) is 19.3 Å². The third-order valence-electron chi connectivity index (χ3n) is 4.14. The van der Waals surface area contributed by atoms with Gasteiger partial charge in [0.25, 0.3) is 0 Å². The highest BCUT2D eigenvalue weighted by Gasteiger charge is 2.29. The molecule has 2 aromatic rings. The number of carbonyl (C=O) groups excluding carboxylic acids is 2.